The van der Waals surface area contributed by atoms with Crippen molar-refractivity contribution in [3.63, 3.8) is 0 Å². The molecular formula is C12H7BrF2N4O4. The van der Waals surface area contributed by atoms with Gasteiger partial charge in [-0.15, -0.1) is 0 Å². The van der Waals surface area contributed by atoms with Crippen molar-refractivity contribution in [2.24, 2.45) is 0 Å². The number of rotatable bonds is 3. The van der Waals surface area contributed by atoms with E-state index in [9.17, 15) is 29.0 Å². The molecule has 0 N–H and O–H groups in total. The minimum Gasteiger partial charge on any atom is -0.258 e. The minimum absolute atomic E-state index is 0.0314. The number of nitro groups is 2. The van der Waals surface area contributed by atoms with E-state index in [2.05, 4.69) is 32.5 Å². The summed E-state index contributed by atoms with van der Waals surface area (Å²) in [6.45, 7) is 3.31. The van der Waals surface area contributed by atoms with Crippen LogP contribution in [0.2, 0.25) is 0 Å². The number of hydrogen-bond donors (Lipinski definition) is 0. The van der Waals surface area contributed by atoms with Crippen LogP contribution in [-0.2, 0) is 0 Å². The van der Waals surface area contributed by atoms with E-state index in [0.29, 0.717) is 0 Å². The second-order valence-corrected chi connectivity index (χ2v) is 4.49. The van der Waals surface area contributed by atoms with E-state index in [1.807, 2.05) is 0 Å². The summed E-state index contributed by atoms with van der Waals surface area (Å²) in [5.74, 6) is -1.45. The highest BCUT2D eigenvalue weighted by atomic mass is 79.9. The molecule has 2 aromatic heterocycles. The van der Waals surface area contributed by atoms with Crippen LogP contribution in [0.25, 0.3) is 6.08 Å². The third-order valence-electron chi connectivity index (χ3n) is 2.24. The van der Waals surface area contributed by atoms with Crippen LogP contribution in [0.4, 0.5) is 20.2 Å². The van der Waals surface area contributed by atoms with Gasteiger partial charge in [0.1, 0.15) is 17.3 Å². The molecule has 0 aliphatic rings. The molecule has 11 heteroatoms. The zero-order valence-electron chi connectivity index (χ0n) is 11.1. The number of aromatic nitrogens is 2. The summed E-state index contributed by atoms with van der Waals surface area (Å²) in [7, 11) is 0. The minimum atomic E-state index is -0.729. The van der Waals surface area contributed by atoms with Crippen LogP contribution in [-0.4, -0.2) is 19.8 Å². The van der Waals surface area contributed by atoms with Crippen LogP contribution < -0.4 is 0 Å². The Labute approximate surface area is 135 Å². The van der Waals surface area contributed by atoms with Crippen LogP contribution in [0.5, 0.6) is 0 Å². The van der Waals surface area contributed by atoms with Gasteiger partial charge in [0.15, 0.2) is 4.60 Å². The summed E-state index contributed by atoms with van der Waals surface area (Å²) in [5.41, 5.74) is -0.670. The molecule has 0 aliphatic carbocycles. The van der Waals surface area contributed by atoms with Crippen LogP contribution in [0.15, 0.2) is 35.7 Å². The first kappa shape index (κ1) is 18.2. The molecule has 0 aliphatic heterocycles. The summed E-state index contributed by atoms with van der Waals surface area (Å²) in [4.78, 5) is 25.9. The summed E-state index contributed by atoms with van der Waals surface area (Å²) in [6.07, 6.45) is 3.01. The first-order valence-electron chi connectivity index (χ1n) is 5.64. The summed E-state index contributed by atoms with van der Waals surface area (Å²) in [5, 5.41) is 20.4. The average molecular weight is 389 g/mol. The van der Waals surface area contributed by atoms with Crippen molar-refractivity contribution in [3.8, 4) is 0 Å². The normalized spacial score (nSPS) is 9.52. The summed E-state index contributed by atoms with van der Waals surface area (Å²) in [6, 6.07) is 1.61. The van der Waals surface area contributed by atoms with Gasteiger partial charge in [-0.3, -0.25) is 20.2 Å². The lowest BCUT2D eigenvalue weighted by Crippen LogP contribution is -1.94. The number of pyridine rings is 2. The number of halogens is 3. The quantitative estimate of drug-likeness (QED) is 0.450. The second kappa shape index (κ2) is 7.98. The van der Waals surface area contributed by atoms with Gasteiger partial charge in [-0.2, -0.15) is 0 Å². The summed E-state index contributed by atoms with van der Waals surface area (Å²) >= 11 is 2.81. The van der Waals surface area contributed by atoms with Gasteiger partial charge in [0, 0.05) is 0 Å². The third-order valence-corrected chi connectivity index (χ3v) is 2.85. The third kappa shape index (κ3) is 5.14. The molecule has 0 bridgehead atoms. The molecule has 0 saturated heterocycles. The Bertz CT molecular complexity index is 773. The number of nitrogens with zero attached hydrogens (tertiary/aromatic N) is 4. The molecule has 120 valence electrons. The largest absolute Gasteiger partial charge is 0.304 e. The van der Waals surface area contributed by atoms with E-state index in [1.54, 1.807) is 0 Å². The molecule has 0 spiro atoms. The van der Waals surface area contributed by atoms with E-state index in [1.165, 1.54) is 6.08 Å². The van der Waals surface area contributed by atoms with Gasteiger partial charge >= 0.3 is 5.69 Å². The predicted molar refractivity (Wildman–Crippen MR) is 79.5 cm³/mol. The smallest absolute Gasteiger partial charge is 0.258 e. The van der Waals surface area contributed by atoms with Crippen LogP contribution >= 0.6 is 15.9 Å². The maximum absolute atomic E-state index is 12.4. The molecule has 8 nitrogen and oxygen atoms in total. The Morgan fingerprint density at radius 3 is 1.96 bits per heavy atom. The standard InChI is InChI=1S/C7H5FN2O2.C5H2BrFN2O2/c1-2-6-7(10(11)12)3-5(8)4-9-6;6-5-4(9(10)11)1-3(7)2-8-5/h2-4H,1H2;1-2H. The van der Waals surface area contributed by atoms with Crippen molar-refractivity contribution in [2.75, 3.05) is 0 Å². The van der Waals surface area contributed by atoms with E-state index in [-0.39, 0.29) is 21.7 Å². The van der Waals surface area contributed by atoms with Crippen LogP contribution in [0.1, 0.15) is 5.69 Å². The molecule has 2 aromatic rings. The maximum Gasteiger partial charge on any atom is 0.304 e. The SMILES string of the molecule is C=Cc1ncc(F)cc1[N+](=O)[O-].O=[N+]([O-])c1cc(F)cnc1Br. The fourth-order valence-corrected chi connectivity index (χ4v) is 1.64. The monoisotopic (exact) mass is 388 g/mol. The van der Waals surface area contributed by atoms with Gasteiger partial charge in [0.25, 0.3) is 5.69 Å². The van der Waals surface area contributed by atoms with E-state index < -0.39 is 21.5 Å². The lowest BCUT2D eigenvalue weighted by molar-refractivity contribution is -0.386. The molecule has 0 unspecified atom stereocenters. The van der Waals surface area contributed by atoms with E-state index >= 15 is 0 Å². The van der Waals surface area contributed by atoms with Gasteiger partial charge in [-0.1, -0.05) is 6.58 Å². The Morgan fingerprint density at radius 1 is 1.04 bits per heavy atom. The topological polar surface area (TPSA) is 112 Å². The Hall–Kier alpha value is -2.82. The molecule has 2 heterocycles. The zero-order chi connectivity index (χ0) is 17.6. The molecular weight excluding hydrogens is 382 g/mol. The zero-order valence-corrected chi connectivity index (χ0v) is 12.7. The molecule has 2 rings (SSSR count). The number of hydrogen-bond acceptors (Lipinski definition) is 6. The second-order valence-electron chi connectivity index (χ2n) is 3.74. The Balaban J connectivity index is 0.000000231. The predicted octanol–water partition coefficient (Wildman–Crippen LogP) is 3.66. The molecule has 0 saturated carbocycles. The molecule has 0 fully saturated rings. The molecule has 0 radical (unpaired) electrons. The highest BCUT2D eigenvalue weighted by Gasteiger charge is 2.14. The van der Waals surface area contributed by atoms with Gasteiger partial charge in [0.2, 0.25) is 0 Å². The van der Waals surface area contributed by atoms with Crippen molar-refractivity contribution in [3.05, 3.63) is 73.3 Å². The highest BCUT2D eigenvalue weighted by Crippen LogP contribution is 2.21. The van der Waals surface area contributed by atoms with E-state index in [0.717, 1.165) is 24.5 Å². The lowest BCUT2D eigenvalue weighted by atomic mass is 10.3. The van der Waals surface area contributed by atoms with Crippen molar-refractivity contribution < 1.29 is 18.6 Å². The Kier molecular flexibility index (Phi) is 6.33. The van der Waals surface area contributed by atoms with E-state index in [4.69, 9.17) is 0 Å². The van der Waals surface area contributed by atoms with Crippen molar-refractivity contribution >= 4 is 33.4 Å². The average Bonchev–Trinajstić information content (AvgIpc) is 2.50. The summed E-state index contributed by atoms with van der Waals surface area (Å²) < 4.78 is 24.8. The van der Waals surface area contributed by atoms with Gasteiger partial charge in [-0.25, -0.2) is 18.7 Å². The molecule has 0 atom stereocenters. The van der Waals surface area contributed by atoms with Crippen LogP contribution in [0.3, 0.4) is 0 Å². The van der Waals surface area contributed by atoms with Gasteiger partial charge in [-0.05, 0) is 22.0 Å². The van der Waals surface area contributed by atoms with Crippen molar-refractivity contribution in [2.45, 2.75) is 0 Å². The maximum atomic E-state index is 12.4. The Morgan fingerprint density at radius 2 is 1.52 bits per heavy atom. The molecule has 0 amide bonds. The van der Waals surface area contributed by atoms with Gasteiger partial charge < -0.3 is 0 Å². The highest BCUT2D eigenvalue weighted by molar-refractivity contribution is 9.10. The van der Waals surface area contributed by atoms with Crippen molar-refractivity contribution in [1.82, 2.24) is 9.97 Å². The first-order chi connectivity index (χ1) is 10.8. The molecule has 0 aromatic carbocycles. The lowest BCUT2D eigenvalue weighted by Gasteiger charge is -1.94. The fraction of sp³-hybridized carbons (Fsp3) is 0. The molecule has 23 heavy (non-hydrogen) atoms. The van der Waals surface area contributed by atoms with Crippen molar-refractivity contribution in [1.29, 1.82) is 0 Å². The first-order valence-corrected chi connectivity index (χ1v) is 6.43. The fourth-order valence-electron chi connectivity index (χ4n) is 1.28. The van der Waals surface area contributed by atoms with Crippen LogP contribution in [0, 0.1) is 31.9 Å². The van der Waals surface area contributed by atoms with Gasteiger partial charge in [0.05, 0.1) is 34.4 Å².